The van der Waals surface area contributed by atoms with Gasteiger partial charge < -0.3 is 10.2 Å². The number of anilines is 1. The second kappa shape index (κ2) is 9.85. The van der Waals surface area contributed by atoms with E-state index in [9.17, 15) is 0 Å². The van der Waals surface area contributed by atoms with Crippen molar-refractivity contribution >= 4 is 5.82 Å². The SMILES string of the molecule is CC(C)c1cnn2c1N(CCN1CCNCC1)C(N)N(Cc1ccccc1-n1cccn1)C2N. The van der Waals surface area contributed by atoms with E-state index in [-0.39, 0.29) is 6.29 Å². The maximum Gasteiger partial charge on any atom is 0.160 e. The minimum atomic E-state index is -0.460. The molecule has 0 aliphatic carbocycles. The Morgan fingerprint density at radius 3 is 2.56 bits per heavy atom. The highest BCUT2D eigenvalue weighted by atomic mass is 15.6. The number of para-hydroxylation sites is 1. The molecular weight excluding hydrogens is 428 g/mol. The molecule has 0 bridgehead atoms. The molecular formula is C24H36N10. The smallest absolute Gasteiger partial charge is 0.160 e. The molecule has 0 amide bonds. The van der Waals surface area contributed by atoms with Crippen molar-refractivity contribution in [2.75, 3.05) is 44.2 Å². The lowest BCUT2D eigenvalue weighted by Gasteiger charge is -2.47. The number of benzene rings is 1. The highest BCUT2D eigenvalue weighted by Crippen LogP contribution is 2.36. The van der Waals surface area contributed by atoms with Gasteiger partial charge in [-0.3, -0.25) is 16.4 Å². The molecule has 0 radical (unpaired) electrons. The average Bonchev–Trinajstić information content (AvgIpc) is 3.53. The van der Waals surface area contributed by atoms with Crippen molar-refractivity contribution in [3.05, 3.63) is 60.0 Å². The molecule has 10 heteroatoms. The van der Waals surface area contributed by atoms with Gasteiger partial charge in [-0.15, -0.1) is 0 Å². The van der Waals surface area contributed by atoms with E-state index < -0.39 is 6.29 Å². The molecule has 2 atom stereocenters. The molecule has 0 saturated carbocycles. The molecule has 1 fully saturated rings. The monoisotopic (exact) mass is 464 g/mol. The molecule has 10 nitrogen and oxygen atoms in total. The molecule has 1 aromatic carbocycles. The lowest BCUT2D eigenvalue weighted by Crippen LogP contribution is -2.63. The van der Waals surface area contributed by atoms with E-state index in [1.54, 1.807) is 6.20 Å². The van der Waals surface area contributed by atoms with Crippen LogP contribution in [0.5, 0.6) is 0 Å². The summed E-state index contributed by atoms with van der Waals surface area (Å²) in [6.07, 6.45) is 4.86. The number of fused-ring (bicyclic) bond motifs is 1. The predicted molar refractivity (Wildman–Crippen MR) is 133 cm³/mol. The largest absolute Gasteiger partial charge is 0.327 e. The first kappa shape index (κ1) is 23.0. The number of rotatable bonds is 7. The third-order valence-corrected chi connectivity index (χ3v) is 6.90. The number of nitrogens with zero attached hydrogens (tertiary/aromatic N) is 7. The van der Waals surface area contributed by atoms with Gasteiger partial charge in [-0.25, -0.2) is 14.3 Å². The van der Waals surface area contributed by atoms with Crippen LogP contribution in [0, 0.1) is 0 Å². The summed E-state index contributed by atoms with van der Waals surface area (Å²) in [5.41, 5.74) is 17.1. The van der Waals surface area contributed by atoms with Gasteiger partial charge in [0, 0.05) is 63.8 Å². The van der Waals surface area contributed by atoms with Crippen molar-refractivity contribution in [1.82, 2.24) is 34.7 Å². The fourth-order valence-corrected chi connectivity index (χ4v) is 4.95. The predicted octanol–water partition coefficient (Wildman–Crippen LogP) is 1.08. The van der Waals surface area contributed by atoms with Gasteiger partial charge in [0.1, 0.15) is 12.1 Å². The Balaban J connectivity index is 1.46. The van der Waals surface area contributed by atoms with Crippen LogP contribution in [0.2, 0.25) is 0 Å². The summed E-state index contributed by atoms with van der Waals surface area (Å²) in [7, 11) is 0. The summed E-state index contributed by atoms with van der Waals surface area (Å²) >= 11 is 0. The zero-order valence-corrected chi connectivity index (χ0v) is 20.1. The van der Waals surface area contributed by atoms with Crippen LogP contribution in [-0.4, -0.2) is 74.9 Å². The molecule has 4 heterocycles. The Hall–Kier alpha value is -2.76. The molecule has 1 saturated heterocycles. The number of nitrogens with two attached hydrogens (primary N) is 2. The van der Waals surface area contributed by atoms with Crippen LogP contribution in [0.15, 0.2) is 48.9 Å². The fraction of sp³-hybridized carbons (Fsp3) is 0.500. The summed E-state index contributed by atoms with van der Waals surface area (Å²) in [5, 5.41) is 12.6. The van der Waals surface area contributed by atoms with Crippen molar-refractivity contribution in [3.8, 4) is 5.69 Å². The Morgan fingerprint density at radius 1 is 1.03 bits per heavy atom. The maximum atomic E-state index is 6.97. The fourth-order valence-electron chi connectivity index (χ4n) is 4.95. The highest BCUT2D eigenvalue weighted by Gasteiger charge is 2.38. The molecule has 34 heavy (non-hydrogen) atoms. The van der Waals surface area contributed by atoms with Crippen LogP contribution in [0.25, 0.3) is 5.69 Å². The first-order chi connectivity index (χ1) is 16.5. The lowest BCUT2D eigenvalue weighted by atomic mass is 10.1. The minimum absolute atomic E-state index is 0.330. The van der Waals surface area contributed by atoms with Gasteiger partial charge >= 0.3 is 0 Å². The van der Waals surface area contributed by atoms with Gasteiger partial charge in [0.05, 0.1) is 11.9 Å². The number of piperazine rings is 1. The third-order valence-electron chi connectivity index (χ3n) is 6.90. The minimum Gasteiger partial charge on any atom is -0.327 e. The summed E-state index contributed by atoms with van der Waals surface area (Å²) in [6.45, 7) is 10.9. The molecule has 2 aliphatic rings. The Kier molecular flexibility index (Phi) is 6.66. The molecule has 2 aliphatic heterocycles. The molecule has 0 spiro atoms. The first-order valence-electron chi connectivity index (χ1n) is 12.2. The van der Waals surface area contributed by atoms with Crippen molar-refractivity contribution in [2.24, 2.45) is 11.5 Å². The van der Waals surface area contributed by atoms with Crippen LogP contribution in [0.1, 0.15) is 37.2 Å². The number of nitrogens with one attached hydrogen (secondary N) is 1. The van der Waals surface area contributed by atoms with E-state index in [4.69, 9.17) is 16.6 Å². The number of hydrogen-bond acceptors (Lipinski definition) is 8. The van der Waals surface area contributed by atoms with Gasteiger partial charge in [0.25, 0.3) is 0 Å². The summed E-state index contributed by atoms with van der Waals surface area (Å²) in [6, 6.07) is 10.2. The molecule has 5 N–H and O–H groups in total. The van der Waals surface area contributed by atoms with E-state index in [0.29, 0.717) is 12.5 Å². The standard InChI is InChI=1S/C24H36N10/c1-18(2)20-16-29-34-22(20)31(15-14-30-12-9-27-10-13-30)23(25)32(24(34)26)17-19-6-3-4-7-21(19)33-11-5-8-28-33/h3-8,11,16,18,23-24,27H,9-10,12-15,17,25-26H2,1-2H3. The van der Waals surface area contributed by atoms with Crippen LogP contribution >= 0.6 is 0 Å². The molecule has 5 rings (SSSR count). The van der Waals surface area contributed by atoms with Gasteiger partial charge in [0.2, 0.25) is 0 Å². The summed E-state index contributed by atoms with van der Waals surface area (Å²) in [4.78, 5) is 6.89. The Morgan fingerprint density at radius 2 is 1.82 bits per heavy atom. The highest BCUT2D eigenvalue weighted by molar-refractivity contribution is 5.51. The first-order valence-corrected chi connectivity index (χ1v) is 12.2. The molecule has 182 valence electrons. The van der Waals surface area contributed by atoms with Crippen molar-refractivity contribution < 1.29 is 0 Å². The quantitative estimate of drug-likeness (QED) is 0.477. The second-order valence-corrected chi connectivity index (χ2v) is 9.39. The zero-order valence-electron chi connectivity index (χ0n) is 20.1. The van der Waals surface area contributed by atoms with Crippen LogP contribution in [-0.2, 0) is 6.54 Å². The van der Waals surface area contributed by atoms with E-state index in [1.165, 1.54) is 5.56 Å². The topological polar surface area (TPSA) is 109 Å². The van der Waals surface area contributed by atoms with E-state index >= 15 is 0 Å². The van der Waals surface area contributed by atoms with E-state index in [1.807, 2.05) is 40.0 Å². The van der Waals surface area contributed by atoms with Crippen LogP contribution in [0.3, 0.4) is 0 Å². The van der Waals surface area contributed by atoms with Crippen molar-refractivity contribution in [1.29, 1.82) is 0 Å². The molecule has 2 aromatic heterocycles. The van der Waals surface area contributed by atoms with Crippen LogP contribution < -0.4 is 21.7 Å². The normalized spacial score (nSPS) is 21.9. The summed E-state index contributed by atoms with van der Waals surface area (Å²) < 4.78 is 3.82. The van der Waals surface area contributed by atoms with Crippen LogP contribution in [0.4, 0.5) is 5.82 Å². The van der Waals surface area contributed by atoms with E-state index in [2.05, 4.69) is 51.1 Å². The van der Waals surface area contributed by atoms with Crippen molar-refractivity contribution in [3.63, 3.8) is 0 Å². The molecule has 2 unspecified atom stereocenters. The summed E-state index contributed by atoms with van der Waals surface area (Å²) in [5.74, 6) is 1.37. The maximum absolute atomic E-state index is 6.97. The third kappa shape index (κ3) is 4.35. The Labute approximate surface area is 201 Å². The van der Waals surface area contributed by atoms with Gasteiger partial charge in [-0.05, 0) is 23.6 Å². The van der Waals surface area contributed by atoms with Gasteiger partial charge in [-0.2, -0.15) is 10.2 Å². The van der Waals surface area contributed by atoms with Gasteiger partial charge in [-0.1, -0.05) is 32.0 Å². The lowest BCUT2D eigenvalue weighted by molar-refractivity contribution is 0.0507. The second-order valence-electron chi connectivity index (χ2n) is 9.39. The average molecular weight is 465 g/mol. The number of hydrogen-bond donors (Lipinski definition) is 3. The van der Waals surface area contributed by atoms with E-state index in [0.717, 1.165) is 56.3 Å². The van der Waals surface area contributed by atoms with Crippen molar-refractivity contribution in [2.45, 2.75) is 38.9 Å². The number of aromatic nitrogens is 4. The Bertz CT molecular complexity index is 1070. The molecule has 3 aromatic rings. The van der Waals surface area contributed by atoms with Gasteiger partial charge in [0.15, 0.2) is 6.29 Å². The zero-order chi connectivity index (χ0) is 23.7.